The van der Waals surface area contributed by atoms with Crippen LogP contribution in [0.15, 0.2) is 12.2 Å². The maximum atomic E-state index is 14.0. The number of alkyl halides is 3. The van der Waals surface area contributed by atoms with Gasteiger partial charge in [0.15, 0.2) is 0 Å². The van der Waals surface area contributed by atoms with Crippen LogP contribution in [0.5, 0.6) is 0 Å². The van der Waals surface area contributed by atoms with Crippen molar-refractivity contribution < 1.29 is 30.2 Å². The lowest BCUT2D eigenvalue weighted by atomic mass is 9.79. The Balaban J connectivity index is 1.98. The van der Waals surface area contributed by atoms with Gasteiger partial charge in [0.1, 0.15) is 0 Å². The van der Waals surface area contributed by atoms with Crippen LogP contribution in [-0.4, -0.2) is 25.6 Å². The van der Waals surface area contributed by atoms with Crippen molar-refractivity contribution in [3.8, 4) is 0 Å². The summed E-state index contributed by atoms with van der Waals surface area (Å²) in [5.74, 6) is -5.70. The number of fused-ring (bicyclic) bond motifs is 5. The largest absolute Gasteiger partial charge is 0.431 e. The third kappa shape index (κ3) is 1.13. The maximum absolute atomic E-state index is 14.0. The van der Waals surface area contributed by atoms with Crippen LogP contribution in [0.4, 0.5) is 17.1 Å². The Morgan fingerprint density at radius 2 is 1.88 bits per heavy atom. The second-order valence-corrected chi connectivity index (χ2v) is 6.04. The van der Waals surface area contributed by atoms with E-state index in [1.807, 2.05) is 0 Å². The van der Waals surface area contributed by atoms with E-state index in [1.54, 1.807) is 12.2 Å². The van der Waals surface area contributed by atoms with Crippen LogP contribution in [0.2, 0.25) is 0 Å². The molecule has 0 N–H and O–H groups in total. The van der Waals surface area contributed by atoms with Gasteiger partial charge in [-0.15, -0.1) is 0 Å². The normalized spacial score (nSPS) is 48.0. The zero-order valence-electron chi connectivity index (χ0n) is 8.32. The van der Waals surface area contributed by atoms with Crippen molar-refractivity contribution in [1.82, 2.24) is 0 Å². The standard InChI is InChI=1S/C9H8F4O3S/c10-8(9(11,12)17(13,14)15)6-4-1-2-5(3-4)7(6)16-8/h1-2,4-7H,3H2. The molecule has 96 valence electrons. The summed E-state index contributed by atoms with van der Waals surface area (Å²) in [5.41, 5.74) is 0. The van der Waals surface area contributed by atoms with E-state index in [9.17, 15) is 25.5 Å². The fourth-order valence-electron chi connectivity index (χ4n) is 3.06. The van der Waals surface area contributed by atoms with Crippen LogP contribution >= 0.6 is 0 Å². The third-order valence-corrected chi connectivity index (χ3v) is 4.72. The monoisotopic (exact) mass is 272 g/mol. The summed E-state index contributed by atoms with van der Waals surface area (Å²) in [5, 5.41) is -5.15. The molecule has 0 spiro atoms. The molecule has 1 saturated heterocycles. The molecule has 0 aromatic rings. The number of hydrogen-bond donors (Lipinski definition) is 0. The molecule has 1 aliphatic heterocycles. The average Bonchev–Trinajstić information content (AvgIpc) is 2.70. The minimum absolute atomic E-state index is 0.174. The van der Waals surface area contributed by atoms with Gasteiger partial charge in [-0.25, -0.2) is 4.39 Å². The van der Waals surface area contributed by atoms with E-state index >= 15 is 0 Å². The Morgan fingerprint density at radius 1 is 1.29 bits per heavy atom. The molecule has 1 saturated carbocycles. The van der Waals surface area contributed by atoms with Gasteiger partial charge in [-0.2, -0.15) is 17.2 Å². The molecule has 0 radical (unpaired) electrons. The Labute approximate surface area is 94.6 Å². The van der Waals surface area contributed by atoms with Gasteiger partial charge in [0.2, 0.25) is 0 Å². The lowest BCUT2D eigenvalue weighted by Gasteiger charge is -2.51. The highest BCUT2D eigenvalue weighted by molar-refractivity contribution is 7.87. The fourth-order valence-corrected chi connectivity index (χ4v) is 3.57. The summed E-state index contributed by atoms with van der Waals surface area (Å²) >= 11 is 0. The maximum Gasteiger partial charge on any atom is 0.431 e. The Bertz CT molecular complexity index is 502. The minimum Gasteiger partial charge on any atom is -0.335 e. The second kappa shape index (κ2) is 2.85. The SMILES string of the molecule is O=S(=O)(F)C(F)(F)C1(F)OC2C3C=CC(C3)C21. The number of allylic oxidation sites excluding steroid dienone is 1. The van der Waals surface area contributed by atoms with Gasteiger partial charge in [-0.1, -0.05) is 16.0 Å². The topological polar surface area (TPSA) is 43.4 Å². The predicted molar refractivity (Wildman–Crippen MR) is 47.9 cm³/mol. The van der Waals surface area contributed by atoms with Crippen LogP contribution < -0.4 is 0 Å². The van der Waals surface area contributed by atoms with E-state index < -0.39 is 39.3 Å². The minimum atomic E-state index is -6.33. The van der Waals surface area contributed by atoms with Crippen LogP contribution in [0.25, 0.3) is 0 Å². The first-order chi connectivity index (χ1) is 7.68. The van der Waals surface area contributed by atoms with Crippen molar-refractivity contribution in [2.45, 2.75) is 23.6 Å². The molecule has 8 heteroatoms. The Hall–Kier alpha value is -0.630. The van der Waals surface area contributed by atoms with Gasteiger partial charge < -0.3 is 4.74 Å². The summed E-state index contributed by atoms with van der Waals surface area (Å²) in [6.07, 6.45) is 2.98. The summed E-state index contributed by atoms with van der Waals surface area (Å²) in [6.45, 7) is 0. The smallest absolute Gasteiger partial charge is 0.335 e. The highest BCUT2D eigenvalue weighted by Gasteiger charge is 2.80. The number of hydrogen-bond acceptors (Lipinski definition) is 3. The fraction of sp³-hybridized carbons (Fsp3) is 0.778. The first-order valence-corrected chi connectivity index (χ1v) is 6.44. The molecule has 2 fully saturated rings. The Morgan fingerprint density at radius 3 is 2.41 bits per heavy atom. The first-order valence-electron chi connectivity index (χ1n) is 5.05. The van der Waals surface area contributed by atoms with Gasteiger partial charge in [0.05, 0.1) is 12.0 Å². The van der Waals surface area contributed by atoms with Crippen molar-refractivity contribution in [3.05, 3.63) is 12.2 Å². The van der Waals surface area contributed by atoms with Crippen LogP contribution in [0.1, 0.15) is 6.42 Å². The molecule has 17 heavy (non-hydrogen) atoms. The van der Waals surface area contributed by atoms with Gasteiger partial charge in [-0.05, 0) is 12.3 Å². The summed E-state index contributed by atoms with van der Waals surface area (Å²) in [6, 6.07) is 0. The average molecular weight is 272 g/mol. The van der Waals surface area contributed by atoms with Crippen molar-refractivity contribution in [3.63, 3.8) is 0 Å². The number of rotatable bonds is 2. The van der Waals surface area contributed by atoms with E-state index in [4.69, 9.17) is 0 Å². The van der Waals surface area contributed by atoms with E-state index in [0.717, 1.165) is 0 Å². The summed E-state index contributed by atoms with van der Waals surface area (Å²) in [4.78, 5) is 0. The summed E-state index contributed by atoms with van der Waals surface area (Å²) in [7, 11) is -6.33. The molecule has 0 aromatic carbocycles. The van der Waals surface area contributed by atoms with Gasteiger partial charge in [0, 0.05) is 5.92 Å². The third-order valence-electron chi connectivity index (χ3n) is 3.83. The molecule has 5 unspecified atom stereocenters. The molecule has 3 nitrogen and oxygen atoms in total. The summed E-state index contributed by atoms with van der Waals surface area (Å²) < 4.78 is 78.0. The van der Waals surface area contributed by atoms with Crippen molar-refractivity contribution in [2.24, 2.45) is 17.8 Å². The molecule has 2 bridgehead atoms. The van der Waals surface area contributed by atoms with Crippen LogP contribution in [-0.2, 0) is 15.0 Å². The van der Waals surface area contributed by atoms with Gasteiger partial charge in [-0.3, -0.25) is 0 Å². The molecular formula is C9H8F4O3S. The van der Waals surface area contributed by atoms with Crippen molar-refractivity contribution in [2.75, 3.05) is 0 Å². The van der Waals surface area contributed by atoms with Crippen LogP contribution in [0.3, 0.4) is 0 Å². The highest BCUT2D eigenvalue weighted by Crippen LogP contribution is 2.64. The van der Waals surface area contributed by atoms with E-state index in [2.05, 4.69) is 4.74 Å². The van der Waals surface area contributed by atoms with Crippen molar-refractivity contribution in [1.29, 1.82) is 0 Å². The zero-order valence-corrected chi connectivity index (χ0v) is 9.13. The van der Waals surface area contributed by atoms with E-state index in [1.165, 1.54) is 0 Å². The second-order valence-electron chi connectivity index (χ2n) is 4.66. The molecule has 3 aliphatic rings. The molecular weight excluding hydrogens is 264 g/mol. The molecule has 3 rings (SSSR count). The quantitative estimate of drug-likeness (QED) is 0.437. The molecule has 5 atom stereocenters. The van der Waals surface area contributed by atoms with Crippen molar-refractivity contribution >= 4 is 10.2 Å². The zero-order chi connectivity index (χ0) is 12.6. The predicted octanol–water partition coefficient (Wildman–Crippen LogP) is 1.77. The number of halogens is 4. The van der Waals surface area contributed by atoms with Crippen LogP contribution in [0, 0.1) is 17.8 Å². The number of ether oxygens (including phenoxy) is 1. The first kappa shape index (κ1) is 11.5. The molecule has 0 amide bonds. The van der Waals surface area contributed by atoms with Gasteiger partial charge in [0.25, 0.3) is 5.85 Å². The molecule has 2 aliphatic carbocycles. The molecule has 1 heterocycles. The van der Waals surface area contributed by atoms with E-state index in [0.29, 0.717) is 6.42 Å². The molecule has 0 aromatic heterocycles. The Kier molecular flexibility index (Phi) is 1.92. The highest BCUT2D eigenvalue weighted by atomic mass is 32.3. The lowest BCUT2D eigenvalue weighted by molar-refractivity contribution is -0.384. The van der Waals surface area contributed by atoms with Gasteiger partial charge >= 0.3 is 15.5 Å². The lowest BCUT2D eigenvalue weighted by Crippen LogP contribution is -2.68. The van der Waals surface area contributed by atoms with E-state index in [-0.39, 0.29) is 5.92 Å².